The molecule has 2 rings (SSSR count). The molecule has 82 valence electrons. The van der Waals surface area contributed by atoms with Crippen molar-refractivity contribution in [3.05, 3.63) is 0 Å². The fourth-order valence-corrected chi connectivity index (χ4v) is 2.89. The van der Waals surface area contributed by atoms with Crippen LogP contribution in [0.15, 0.2) is 0 Å². The second-order valence-corrected chi connectivity index (χ2v) is 4.28. The Morgan fingerprint density at radius 1 is 1.43 bits per heavy atom. The highest BCUT2D eigenvalue weighted by Gasteiger charge is 2.48. The van der Waals surface area contributed by atoms with Crippen LogP contribution in [-0.2, 0) is 9.53 Å². The first-order valence-corrected chi connectivity index (χ1v) is 5.07. The van der Waals surface area contributed by atoms with Gasteiger partial charge in [-0.1, -0.05) is 12.8 Å². The summed E-state index contributed by atoms with van der Waals surface area (Å²) in [5, 5.41) is 3.32. The van der Waals surface area contributed by atoms with Crippen LogP contribution in [-0.4, -0.2) is 26.2 Å². The number of ether oxygens (including phenoxy) is 1. The molecule has 0 aromatic heterocycles. The van der Waals surface area contributed by atoms with Gasteiger partial charge >= 0.3 is 5.97 Å². The highest BCUT2D eigenvalue weighted by molar-refractivity contribution is 5.85. The number of hydrogen-bond donors (Lipinski definition) is 1. The third-order valence-corrected chi connectivity index (χ3v) is 3.65. The van der Waals surface area contributed by atoms with Crippen molar-refractivity contribution in [3.8, 4) is 0 Å². The third kappa shape index (κ3) is 1.75. The van der Waals surface area contributed by atoms with Crippen LogP contribution in [0, 0.1) is 11.3 Å². The van der Waals surface area contributed by atoms with E-state index in [9.17, 15) is 4.79 Å². The molecule has 1 saturated heterocycles. The zero-order chi connectivity index (χ0) is 9.31. The van der Waals surface area contributed by atoms with E-state index in [2.05, 4.69) is 5.32 Å². The predicted octanol–water partition coefficient (Wildman–Crippen LogP) is 1.36. The smallest absolute Gasteiger partial charge is 0.310 e. The quantitative estimate of drug-likeness (QED) is 0.677. The van der Waals surface area contributed by atoms with Crippen LogP contribution < -0.4 is 5.32 Å². The lowest BCUT2D eigenvalue weighted by Crippen LogP contribution is -2.33. The van der Waals surface area contributed by atoms with Crippen molar-refractivity contribution >= 4 is 18.4 Å². The number of esters is 1. The summed E-state index contributed by atoms with van der Waals surface area (Å²) in [6, 6.07) is 0. The van der Waals surface area contributed by atoms with Gasteiger partial charge in [-0.2, -0.15) is 0 Å². The summed E-state index contributed by atoms with van der Waals surface area (Å²) < 4.78 is 4.84. The average Bonchev–Trinajstić information content (AvgIpc) is 2.76. The summed E-state index contributed by atoms with van der Waals surface area (Å²) in [4.78, 5) is 11.5. The number of hydrogen-bond acceptors (Lipinski definition) is 3. The molecule has 1 N–H and O–H groups in total. The number of halogens is 1. The summed E-state index contributed by atoms with van der Waals surface area (Å²) in [6.45, 7) is 1.82. The zero-order valence-electron chi connectivity index (χ0n) is 8.54. The van der Waals surface area contributed by atoms with Gasteiger partial charge in [0.25, 0.3) is 0 Å². The topological polar surface area (TPSA) is 38.3 Å². The van der Waals surface area contributed by atoms with Gasteiger partial charge in [0.1, 0.15) is 0 Å². The summed E-state index contributed by atoms with van der Waals surface area (Å²) in [6.07, 6.45) is 4.93. The van der Waals surface area contributed by atoms with Gasteiger partial charge in [-0.25, -0.2) is 0 Å². The van der Waals surface area contributed by atoms with E-state index in [1.165, 1.54) is 32.8 Å². The molecule has 0 radical (unpaired) electrons. The number of nitrogens with one attached hydrogen (secondary N) is 1. The molecule has 0 amide bonds. The maximum atomic E-state index is 11.5. The molecule has 0 aromatic carbocycles. The van der Waals surface area contributed by atoms with Gasteiger partial charge < -0.3 is 10.1 Å². The summed E-state index contributed by atoms with van der Waals surface area (Å²) in [7, 11) is 1.49. The normalized spacial score (nSPS) is 28.8. The molecule has 0 aromatic rings. The molecule has 2 aliphatic rings. The molecule has 0 bridgehead atoms. The second-order valence-electron chi connectivity index (χ2n) is 4.28. The highest BCUT2D eigenvalue weighted by atomic mass is 35.5. The van der Waals surface area contributed by atoms with Crippen molar-refractivity contribution < 1.29 is 9.53 Å². The molecule has 1 aliphatic carbocycles. The van der Waals surface area contributed by atoms with Crippen molar-refractivity contribution in [2.75, 3.05) is 20.2 Å². The molecule has 1 unspecified atom stereocenters. The first kappa shape index (κ1) is 11.8. The Balaban J connectivity index is 0.000000980. The Morgan fingerprint density at radius 3 is 2.64 bits per heavy atom. The van der Waals surface area contributed by atoms with Crippen molar-refractivity contribution in [2.45, 2.75) is 25.7 Å². The number of methoxy groups -OCH3 is 1. The Bertz CT molecular complexity index is 209. The number of carbonyl (C=O) groups excluding carboxylic acids is 1. The minimum Gasteiger partial charge on any atom is -0.469 e. The molecule has 3 nitrogen and oxygen atoms in total. The van der Waals surface area contributed by atoms with Crippen molar-refractivity contribution in [1.29, 1.82) is 0 Å². The molecular weight excluding hydrogens is 202 g/mol. The van der Waals surface area contributed by atoms with Gasteiger partial charge in [0.05, 0.1) is 13.0 Å². The Kier molecular flexibility index (Phi) is 3.78. The van der Waals surface area contributed by atoms with Crippen molar-refractivity contribution in [1.82, 2.24) is 5.32 Å². The Hall–Kier alpha value is -0.280. The SMILES string of the molecule is COC(=O)C1CNCC12CCCC2.Cl. The molecule has 1 saturated carbocycles. The van der Waals surface area contributed by atoms with Crippen LogP contribution in [0.5, 0.6) is 0 Å². The average molecular weight is 220 g/mol. The number of rotatable bonds is 1. The molecule has 2 fully saturated rings. The van der Waals surface area contributed by atoms with Crippen molar-refractivity contribution in [3.63, 3.8) is 0 Å². The molecule has 14 heavy (non-hydrogen) atoms. The van der Waals surface area contributed by atoms with Gasteiger partial charge in [0, 0.05) is 13.1 Å². The van der Waals surface area contributed by atoms with Gasteiger partial charge in [-0.05, 0) is 18.3 Å². The number of carbonyl (C=O) groups is 1. The monoisotopic (exact) mass is 219 g/mol. The second kappa shape index (κ2) is 4.49. The molecular formula is C10H18ClNO2. The van der Waals surface area contributed by atoms with Gasteiger partial charge in [0.2, 0.25) is 0 Å². The van der Waals surface area contributed by atoms with Gasteiger partial charge in [-0.3, -0.25) is 4.79 Å². The van der Waals surface area contributed by atoms with Crippen LogP contribution in [0.4, 0.5) is 0 Å². The van der Waals surface area contributed by atoms with Crippen LogP contribution in [0.2, 0.25) is 0 Å². The van der Waals surface area contributed by atoms with E-state index in [0.717, 1.165) is 13.1 Å². The highest BCUT2D eigenvalue weighted by Crippen LogP contribution is 2.46. The van der Waals surface area contributed by atoms with E-state index in [0.29, 0.717) is 0 Å². The molecule has 1 atom stereocenters. The van der Waals surface area contributed by atoms with Crippen LogP contribution in [0.1, 0.15) is 25.7 Å². The van der Waals surface area contributed by atoms with Crippen LogP contribution in [0.3, 0.4) is 0 Å². The molecule has 1 spiro atoms. The minimum absolute atomic E-state index is 0. The Labute approximate surface area is 91.0 Å². The van der Waals surface area contributed by atoms with Gasteiger partial charge in [0.15, 0.2) is 0 Å². The fourth-order valence-electron chi connectivity index (χ4n) is 2.89. The third-order valence-electron chi connectivity index (χ3n) is 3.65. The maximum Gasteiger partial charge on any atom is 0.310 e. The lowest BCUT2D eigenvalue weighted by molar-refractivity contribution is -0.148. The largest absolute Gasteiger partial charge is 0.469 e. The summed E-state index contributed by atoms with van der Waals surface area (Å²) in [5.41, 5.74) is 0.243. The lowest BCUT2D eigenvalue weighted by Gasteiger charge is -2.27. The summed E-state index contributed by atoms with van der Waals surface area (Å²) in [5.74, 6) is 0.0897. The standard InChI is InChI=1S/C10H17NO2.ClH/c1-13-9(12)8-6-11-7-10(8)4-2-3-5-10;/h8,11H,2-7H2,1H3;1H. The lowest BCUT2D eigenvalue weighted by atomic mass is 9.76. The maximum absolute atomic E-state index is 11.5. The first-order chi connectivity index (χ1) is 6.28. The van der Waals surface area contributed by atoms with Crippen LogP contribution >= 0.6 is 12.4 Å². The zero-order valence-corrected chi connectivity index (χ0v) is 9.36. The van der Waals surface area contributed by atoms with E-state index < -0.39 is 0 Å². The first-order valence-electron chi connectivity index (χ1n) is 5.07. The van der Waals surface area contributed by atoms with E-state index in [1.807, 2.05) is 0 Å². The van der Waals surface area contributed by atoms with Gasteiger partial charge in [-0.15, -0.1) is 12.4 Å². The predicted molar refractivity (Wildman–Crippen MR) is 56.5 cm³/mol. The Morgan fingerprint density at radius 2 is 2.07 bits per heavy atom. The van der Waals surface area contributed by atoms with E-state index in [1.54, 1.807) is 0 Å². The van der Waals surface area contributed by atoms with E-state index >= 15 is 0 Å². The molecule has 1 aliphatic heterocycles. The molecule has 1 heterocycles. The fraction of sp³-hybridized carbons (Fsp3) is 0.900. The minimum atomic E-state index is -0.0214. The van der Waals surface area contributed by atoms with Crippen LogP contribution in [0.25, 0.3) is 0 Å². The van der Waals surface area contributed by atoms with E-state index in [-0.39, 0.29) is 29.7 Å². The van der Waals surface area contributed by atoms with Crippen molar-refractivity contribution in [2.24, 2.45) is 11.3 Å². The van der Waals surface area contributed by atoms with E-state index in [4.69, 9.17) is 4.74 Å². The summed E-state index contributed by atoms with van der Waals surface area (Å²) >= 11 is 0. The molecule has 4 heteroatoms.